The van der Waals surface area contributed by atoms with E-state index >= 15 is 0 Å². The minimum atomic E-state index is -1.37. The first-order valence-electron chi connectivity index (χ1n) is 13.8. The Kier molecular flexibility index (Phi) is 8.16. The Morgan fingerprint density at radius 3 is 2.08 bits per heavy atom. The van der Waals surface area contributed by atoms with E-state index in [4.69, 9.17) is 4.74 Å². The number of ether oxygens (including phenoxy) is 1. The molecular weight excluding hydrogens is 506 g/mol. The highest BCUT2D eigenvalue weighted by Crippen LogP contribution is 2.44. The second-order valence-corrected chi connectivity index (χ2v) is 10.6. The highest BCUT2D eigenvalue weighted by Gasteiger charge is 2.44. The van der Waals surface area contributed by atoms with Gasteiger partial charge >= 0.3 is 12.1 Å². The van der Waals surface area contributed by atoms with Crippen molar-refractivity contribution < 1.29 is 24.2 Å². The molecule has 0 radical (unpaired) electrons. The van der Waals surface area contributed by atoms with Crippen LogP contribution < -0.4 is 10.6 Å². The fourth-order valence-corrected chi connectivity index (χ4v) is 5.79. The monoisotopic (exact) mass is 541 g/mol. The number of carboxylic acids is 1. The van der Waals surface area contributed by atoms with E-state index < -0.39 is 29.6 Å². The van der Waals surface area contributed by atoms with Crippen molar-refractivity contribution in [3.8, 4) is 11.1 Å². The molecule has 0 aromatic heterocycles. The van der Waals surface area contributed by atoms with Crippen LogP contribution in [-0.4, -0.2) is 59.3 Å². The molecule has 1 aliphatic carbocycles. The number of nitrogens with one attached hydrogen (secondary N) is 2. The SMILES string of the molecule is CC[C@H](NC(=O)OCC1c2ccccc2-c2ccccc21)C(=O)NC1(C(=O)O)CCN(Cc2ccccc2)CC1. The van der Waals surface area contributed by atoms with Crippen LogP contribution in [0.4, 0.5) is 4.79 Å². The van der Waals surface area contributed by atoms with Crippen molar-refractivity contribution in [1.29, 1.82) is 0 Å². The number of carbonyl (C=O) groups is 3. The lowest BCUT2D eigenvalue weighted by Crippen LogP contribution is -2.63. The maximum atomic E-state index is 13.2. The zero-order valence-electron chi connectivity index (χ0n) is 22.6. The van der Waals surface area contributed by atoms with Gasteiger partial charge in [0.2, 0.25) is 5.91 Å². The van der Waals surface area contributed by atoms with E-state index in [0.29, 0.717) is 19.5 Å². The number of benzene rings is 3. The van der Waals surface area contributed by atoms with Crippen molar-refractivity contribution in [2.45, 2.75) is 50.2 Å². The molecule has 2 amide bonds. The molecule has 40 heavy (non-hydrogen) atoms. The van der Waals surface area contributed by atoms with Gasteiger partial charge in [-0.15, -0.1) is 0 Å². The summed E-state index contributed by atoms with van der Waals surface area (Å²) in [6, 6.07) is 25.3. The van der Waals surface area contributed by atoms with Crippen LogP contribution >= 0.6 is 0 Å². The Hall–Kier alpha value is -4.17. The summed E-state index contributed by atoms with van der Waals surface area (Å²) in [5, 5.41) is 15.5. The molecule has 1 saturated heterocycles. The molecule has 5 rings (SSSR count). The molecule has 1 aliphatic heterocycles. The number of hydrogen-bond donors (Lipinski definition) is 3. The van der Waals surface area contributed by atoms with E-state index in [-0.39, 0.29) is 25.4 Å². The lowest BCUT2D eigenvalue weighted by molar-refractivity contribution is -0.150. The van der Waals surface area contributed by atoms with Crippen LogP contribution in [0.3, 0.4) is 0 Å². The molecule has 0 unspecified atom stereocenters. The van der Waals surface area contributed by atoms with Gasteiger partial charge in [0.25, 0.3) is 0 Å². The Labute approximate surface area is 234 Å². The van der Waals surface area contributed by atoms with Crippen molar-refractivity contribution >= 4 is 18.0 Å². The van der Waals surface area contributed by atoms with E-state index in [9.17, 15) is 19.5 Å². The molecule has 0 spiro atoms. The molecule has 1 atom stereocenters. The summed E-state index contributed by atoms with van der Waals surface area (Å²) in [5.41, 5.74) is 4.25. The van der Waals surface area contributed by atoms with E-state index in [1.807, 2.05) is 66.7 Å². The minimum absolute atomic E-state index is 0.0941. The molecular formula is C32H35N3O5. The molecule has 208 valence electrons. The topological polar surface area (TPSA) is 108 Å². The lowest BCUT2D eigenvalue weighted by atomic mass is 9.86. The van der Waals surface area contributed by atoms with Crippen LogP contribution in [0.5, 0.6) is 0 Å². The van der Waals surface area contributed by atoms with Crippen LogP contribution in [0.2, 0.25) is 0 Å². The van der Waals surface area contributed by atoms with Crippen LogP contribution in [0.15, 0.2) is 78.9 Å². The molecule has 8 nitrogen and oxygen atoms in total. The summed E-state index contributed by atoms with van der Waals surface area (Å²) in [6.45, 7) is 3.71. The number of hydrogen-bond acceptors (Lipinski definition) is 5. The third-order valence-corrected chi connectivity index (χ3v) is 8.09. The van der Waals surface area contributed by atoms with Crippen LogP contribution in [0.1, 0.15) is 48.8 Å². The number of fused-ring (bicyclic) bond motifs is 3. The molecule has 0 bridgehead atoms. The smallest absolute Gasteiger partial charge is 0.407 e. The van der Waals surface area contributed by atoms with Gasteiger partial charge in [-0.05, 0) is 47.1 Å². The predicted molar refractivity (Wildman–Crippen MR) is 152 cm³/mol. The Bertz CT molecular complexity index is 1320. The first-order valence-corrected chi connectivity index (χ1v) is 13.8. The van der Waals surface area contributed by atoms with E-state index in [1.165, 1.54) is 0 Å². The van der Waals surface area contributed by atoms with Gasteiger partial charge < -0.3 is 20.5 Å². The molecule has 0 saturated carbocycles. The molecule has 8 heteroatoms. The van der Waals surface area contributed by atoms with Gasteiger partial charge in [0.15, 0.2) is 0 Å². The third-order valence-electron chi connectivity index (χ3n) is 8.09. The number of carboxylic acid groups (broad SMARTS) is 1. The molecule has 2 aliphatic rings. The zero-order valence-corrected chi connectivity index (χ0v) is 22.6. The Morgan fingerprint density at radius 2 is 1.50 bits per heavy atom. The lowest BCUT2D eigenvalue weighted by Gasteiger charge is -2.40. The number of likely N-dealkylation sites (tertiary alicyclic amines) is 1. The average Bonchev–Trinajstić information content (AvgIpc) is 3.30. The summed E-state index contributed by atoms with van der Waals surface area (Å²) >= 11 is 0. The third kappa shape index (κ3) is 5.72. The fraction of sp³-hybridized carbons (Fsp3) is 0.344. The number of nitrogens with zero attached hydrogens (tertiary/aromatic N) is 1. The highest BCUT2D eigenvalue weighted by molar-refractivity contribution is 5.91. The molecule has 3 aromatic carbocycles. The minimum Gasteiger partial charge on any atom is -0.480 e. The number of carbonyl (C=O) groups excluding carboxylic acids is 2. The average molecular weight is 542 g/mol. The second kappa shape index (κ2) is 11.9. The van der Waals surface area contributed by atoms with Gasteiger partial charge in [0, 0.05) is 25.6 Å². The van der Waals surface area contributed by atoms with E-state index in [0.717, 1.165) is 34.4 Å². The zero-order chi connectivity index (χ0) is 28.1. The maximum absolute atomic E-state index is 13.2. The number of rotatable bonds is 9. The Morgan fingerprint density at radius 1 is 0.925 bits per heavy atom. The van der Waals surface area contributed by atoms with Gasteiger partial charge in [-0.2, -0.15) is 0 Å². The maximum Gasteiger partial charge on any atom is 0.407 e. The first kappa shape index (κ1) is 27.4. The standard InChI is InChI=1S/C32H35N3O5/c1-2-28(29(36)34-32(30(37)38)16-18-35(19-17-32)20-22-10-4-3-5-11-22)33-31(39)40-21-27-25-14-8-6-12-23(25)24-13-7-9-15-26(24)27/h3-15,27-28H,2,16-21H2,1H3,(H,33,39)(H,34,36)(H,37,38)/t28-/m0/s1. The van der Waals surface area contributed by atoms with E-state index in [1.54, 1.807) is 6.92 Å². The highest BCUT2D eigenvalue weighted by atomic mass is 16.5. The predicted octanol–water partition coefficient (Wildman–Crippen LogP) is 4.54. The number of amides is 2. The van der Waals surface area contributed by atoms with Gasteiger partial charge in [-0.25, -0.2) is 9.59 Å². The summed E-state index contributed by atoms with van der Waals surface area (Å²) in [7, 11) is 0. The number of aliphatic carboxylic acids is 1. The van der Waals surface area contributed by atoms with E-state index in [2.05, 4.69) is 27.7 Å². The van der Waals surface area contributed by atoms with Crippen molar-refractivity contribution in [3.63, 3.8) is 0 Å². The second-order valence-electron chi connectivity index (χ2n) is 10.6. The van der Waals surface area contributed by atoms with Crippen LogP contribution in [-0.2, 0) is 20.9 Å². The van der Waals surface area contributed by atoms with Gasteiger partial charge in [-0.1, -0.05) is 85.8 Å². The quantitative estimate of drug-likeness (QED) is 0.367. The number of alkyl carbamates (subject to hydrolysis) is 1. The first-order chi connectivity index (χ1) is 19.4. The summed E-state index contributed by atoms with van der Waals surface area (Å²) in [5.74, 6) is -1.67. The Balaban J connectivity index is 1.17. The summed E-state index contributed by atoms with van der Waals surface area (Å²) in [6.07, 6.45) is 0.155. The fourth-order valence-electron chi connectivity index (χ4n) is 5.79. The van der Waals surface area contributed by atoms with Crippen molar-refractivity contribution in [2.75, 3.05) is 19.7 Å². The molecule has 1 heterocycles. The normalized spacial score (nSPS) is 16.8. The van der Waals surface area contributed by atoms with Gasteiger partial charge in [0.1, 0.15) is 18.2 Å². The largest absolute Gasteiger partial charge is 0.480 e. The van der Waals surface area contributed by atoms with Crippen molar-refractivity contribution in [3.05, 3.63) is 95.6 Å². The summed E-state index contributed by atoms with van der Waals surface area (Å²) in [4.78, 5) is 40.5. The van der Waals surface area contributed by atoms with Crippen molar-refractivity contribution in [1.82, 2.24) is 15.5 Å². The summed E-state index contributed by atoms with van der Waals surface area (Å²) < 4.78 is 5.60. The molecule has 3 aromatic rings. The van der Waals surface area contributed by atoms with Crippen LogP contribution in [0, 0.1) is 0 Å². The number of piperidine rings is 1. The molecule has 3 N–H and O–H groups in total. The van der Waals surface area contributed by atoms with Gasteiger partial charge in [0.05, 0.1) is 0 Å². The van der Waals surface area contributed by atoms with Crippen LogP contribution in [0.25, 0.3) is 11.1 Å². The molecule has 1 fully saturated rings. The van der Waals surface area contributed by atoms with Gasteiger partial charge in [-0.3, -0.25) is 9.69 Å². The van der Waals surface area contributed by atoms with Crippen molar-refractivity contribution in [2.24, 2.45) is 0 Å².